The van der Waals surface area contributed by atoms with Gasteiger partial charge < -0.3 is 20.0 Å². The maximum absolute atomic E-state index is 12.6. The molecular formula is C19H20N4O5S. The van der Waals surface area contributed by atoms with Crippen LogP contribution in [0.5, 0.6) is 0 Å². The van der Waals surface area contributed by atoms with Crippen LogP contribution in [0, 0.1) is 0 Å². The van der Waals surface area contributed by atoms with Crippen LogP contribution in [0.4, 0.5) is 5.69 Å². The molecule has 1 saturated heterocycles. The van der Waals surface area contributed by atoms with Crippen LogP contribution in [0.1, 0.15) is 23.2 Å². The van der Waals surface area contributed by atoms with Gasteiger partial charge in [0.1, 0.15) is 0 Å². The van der Waals surface area contributed by atoms with E-state index in [0.29, 0.717) is 28.8 Å². The molecule has 152 valence electrons. The number of sulfonamides is 1. The van der Waals surface area contributed by atoms with E-state index in [4.69, 9.17) is 4.74 Å². The molecule has 1 aliphatic heterocycles. The lowest BCUT2D eigenvalue weighted by atomic mass is 10.2. The van der Waals surface area contributed by atoms with Gasteiger partial charge in [0, 0.05) is 24.4 Å². The van der Waals surface area contributed by atoms with E-state index in [0.717, 1.165) is 19.4 Å². The summed E-state index contributed by atoms with van der Waals surface area (Å²) in [6, 6.07) is 10.4. The molecule has 2 heterocycles. The van der Waals surface area contributed by atoms with E-state index in [1.807, 2.05) is 0 Å². The quantitative estimate of drug-likeness (QED) is 0.484. The largest absolute Gasteiger partial charge is 0.376 e. The van der Waals surface area contributed by atoms with E-state index < -0.39 is 15.7 Å². The predicted molar refractivity (Wildman–Crippen MR) is 107 cm³/mol. The zero-order valence-electron chi connectivity index (χ0n) is 15.4. The number of aromatic nitrogens is 2. The fourth-order valence-electron chi connectivity index (χ4n) is 3.20. The molecule has 3 aromatic rings. The third-order valence-electron chi connectivity index (χ3n) is 4.71. The molecule has 4 N–H and O–H groups in total. The van der Waals surface area contributed by atoms with Crippen molar-refractivity contribution in [3.63, 3.8) is 0 Å². The van der Waals surface area contributed by atoms with Crippen molar-refractivity contribution in [1.82, 2.24) is 15.3 Å². The minimum atomic E-state index is -3.85. The zero-order chi connectivity index (χ0) is 20.4. The highest BCUT2D eigenvalue weighted by Crippen LogP contribution is 2.19. The highest BCUT2D eigenvalue weighted by molar-refractivity contribution is 7.92. The number of carbonyl (C=O) groups is 1. The van der Waals surface area contributed by atoms with Crippen molar-refractivity contribution in [3.05, 3.63) is 58.5 Å². The van der Waals surface area contributed by atoms with E-state index in [9.17, 15) is 18.0 Å². The molecule has 2 aromatic carbocycles. The Kier molecular flexibility index (Phi) is 5.12. The highest BCUT2D eigenvalue weighted by Gasteiger charge is 2.18. The van der Waals surface area contributed by atoms with Crippen LogP contribution in [-0.4, -0.2) is 43.5 Å². The fourth-order valence-corrected chi connectivity index (χ4v) is 4.28. The molecule has 1 amide bonds. The second-order valence-electron chi connectivity index (χ2n) is 6.81. The van der Waals surface area contributed by atoms with Gasteiger partial charge in [0.05, 0.1) is 22.0 Å². The fraction of sp³-hybridized carbons (Fsp3) is 0.263. The Hall–Kier alpha value is -3.11. The minimum absolute atomic E-state index is 0.0126. The molecule has 1 atom stereocenters. The van der Waals surface area contributed by atoms with Gasteiger partial charge in [-0.25, -0.2) is 13.2 Å². The number of anilines is 1. The summed E-state index contributed by atoms with van der Waals surface area (Å²) in [5.74, 6) is -0.239. The van der Waals surface area contributed by atoms with Crippen molar-refractivity contribution in [3.8, 4) is 0 Å². The van der Waals surface area contributed by atoms with E-state index in [1.54, 1.807) is 12.1 Å². The monoisotopic (exact) mass is 416 g/mol. The van der Waals surface area contributed by atoms with Gasteiger partial charge in [0.25, 0.3) is 15.9 Å². The summed E-state index contributed by atoms with van der Waals surface area (Å²) in [5.41, 5.74) is 1.26. The number of H-pyrrole nitrogens is 2. The molecule has 10 heteroatoms. The first-order valence-corrected chi connectivity index (χ1v) is 10.6. The number of aromatic amines is 2. The third kappa shape index (κ3) is 4.33. The summed E-state index contributed by atoms with van der Waals surface area (Å²) >= 11 is 0. The first-order valence-electron chi connectivity index (χ1n) is 9.15. The number of benzene rings is 2. The Labute approximate surface area is 166 Å². The standard InChI is InChI=1S/C19H20N4O5S/c24-18(20-11-14-2-1-9-28-14)12-3-5-13(6-4-12)23-29(26,27)15-7-8-16-17(10-15)22-19(25)21-16/h3-8,10,14,23H,1-2,9,11H2,(H,20,24)(H2,21,22,25)/t14-/m1/s1. The van der Waals surface area contributed by atoms with Gasteiger partial charge >= 0.3 is 5.69 Å². The van der Waals surface area contributed by atoms with Gasteiger partial charge in [-0.3, -0.25) is 9.52 Å². The molecule has 9 nitrogen and oxygen atoms in total. The third-order valence-corrected chi connectivity index (χ3v) is 6.09. The average molecular weight is 416 g/mol. The number of imidazole rings is 1. The molecule has 4 rings (SSSR count). The highest BCUT2D eigenvalue weighted by atomic mass is 32.2. The summed E-state index contributed by atoms with van der Waals surface area (Å²) in [5, 5.41) is 2.82. The number of nitrogens with one attached hydrogen (secondary N) is 4. The molecule has 1 aliphatic rings. The Morgan fingerprint density at radius 1 is 1.10 bits per heavy atom. The Morgan fingerprint density at radius 3 is 2.59 bits per heavy atom. The summed E-state index contributed by atoms with van der Waals surface area (Å²) in [4.78, 5) is 28.6. The van der Waals surface area contributed by atoms with Crippen LogP contribution >= 0.6 is 0 Å². The lowest BCUT2D eigenvalue weighted by molar-refractivity contribution is 0.0858. The summed E-state index contributed by atoms with van der Waals surface area (Å²) in [6.45, 7) is 1.18. The first kappa shape index (κ1) is 19.2. The molecule has 0 radical (unpaired) electrons. The van der Waals surface area contributed by atoms with Crippen molar-refractivity contribution in [2.45, 2.75) is 23.8 Å². The maximum Gasteiger partial charge on any atom is 0.323 e. The van der Waals surface area contributed by atoms with Crippen LogP contribution < -0.4 is 15.7 Å². The van der Waals surface area contributed by atoms with Crippen molar-refractivity contribution in [1.29, 1.82) is 0 Å². The number of rotatable bonds is 6. The zero-order valence-corrected chi connectivity index (χ0v) is 16.2. The van der Waals surface area contributed by atoms with Crippen LogP contribution in [0.3, 0.4) is 0 Å². The molecule has 0 spiro atoms. The number of carbonyl (C=O) groups excluding carboxylic acids is 1. The van der Waals surface area contributed by atoms with E-state index in [1.165, 1.54) is 30.3 Å². The smallest absolute Gasteiger partial charge is 0.323 e. The lowest BCUT2D eigenvalue weighted by Gasteiger charge is -2.11. The second-order valence-corrected chi connectivity index (χ2v) is 8.50. The molecule has 0 aliphatic carbocycles. The van der Waals surface area contributed by atoms with Gasteiger partial charge in [0.2, 0.25) is 0 Å². The SMILES string of the molecule is O=C(NC[C@H]1CCCO1)c1ccc(NS(=O)(=O)c2ccc3[nH]c(=O)[nH]c3c2)cc1. The molecule has 1 fully saturated rings. The predicted octanol–water partition coefficient (Wildman–Crippen LogP) is 1.57. The maximum atomic E-state index is 12.6. The Bertz CT molecular complexity index is 1190. The van der Waals surface area contributed by atoms with Crippen molar-refractivity contribution in [2.24, 2.45) is 0 Å². The van der Waals surface area contributed by atoms with Crippen LogP contribution in [0.25, 0.3) is 11.0 Å². The van der Waals surface area contributed by atoms with E-state index in [-0.39, 0.29) is 16.9 Å². The number of hydrogen-bond acceptors (Lipinski definition) is 5. The topological polar surface area (TPSA) is 133 Å². The summed E-state index contributed by atoms with van der Waals surface area (Å²) in [7, 11) is -3.85. The summed E-state index contributed by atoms with van der Waals surface area (Å²) < 4.78 is 33.2. The van der Waals surface area contributed by atoms with Gasteiger partial charge in [0.15, 0.2) is 0 Å². The lowest BCUT2D eigenvalue weighted by Crippen LogP contribution is -2.31. The normalized spacial score (nSPS) is 16.8. The molecule has 0 bridgehead atoms. The average Bonchev–Trinajstić information content (AvgIpc) is 3.34. The van der Waals surface area contributed by atoms with Gasteiger partial charge in [-0.15, -0.1) is 0 Å². The van der Waals surface area contributed by atoms with Crippen molar-refractivity contribution >= 4 is 32.7 Å². The number of ether oxygens (including phenoxy) is 1. The van der Waals surface area contributed by atoms with Crippen LogP contribution in [0.15, 0.2) is 52.2 Å². The summed E-state index contributed by atoms with van der Waals surface area (Å²) in [6.07, 6.45) is 1.99. The molecule has 0 saturated carbocycles. The van der Waals surface area contributed by atoms with Crippen LogP contribution in [0.2, 0.25) is 0 Å². The van der Waals surface area contributed by atoms with Gasteiger partial charge in [-0.2, -0.15) is 0 Å². The van der Waals surface area contributed by atoms with Crippen molar-refractivity contribution < 1.29 is 17.9 Å². The number of fused-ring (bicyclic) bond motifs is 1. The molecule has 29 heavy (non-hydrogen) atoms. The Balaban J connectivity index is 1.43. The van der Waals surface area contributed by atoms with Gasteiger partial charge in [-0.05, 0) is 55.3 Å². The molecule has 0 unspecified atom stereocenters. The Morgan fingerprint density at radius 2 is 1.86 bits per heavy atom. The molecule has 1 aromatic heterocycles. The van der Waals surface area contributed by atoms with Crippen molar-refractivity contribution in [2.75, 3.05) is 17.9 Å². The molecular weight excluding hydrogens is 396 g/mol. The first-order chi connectivity index (χ1) is 13.9. The van der Waals surface area contributed by atoms with Gasteiger partial charge in [-0.1, -0.05) is 0 Å². The van der Waals surface area contributed by atoms with E-state index in [2.05, 4.69) is 20.0 Å². The number of amides is 1. The number of hydrogen-bond donors (Lipinski definition) is 4. The van der Waals surface area contributed by atoms with E-state index >= 15 is 0 Å². The second kappa shape index (κ2) is 7.72. The minimum Gasteiger partial charge on any atom is -0.376 e. The van der Waals surface area contributed by atoms with Crippen LogP contribution in [-0.2, 0) is 14.8 Å².